The largest absolute Gasteiger partial charge is 0.463 e. The normalized spacial score (nSPS) is 9.57. The van der Waals surface area contributed by atoms with E-state index in [1.807, 2.05) is 0 Å². The van der Waals surface area contributed by atoms with Crippen LogP contribution in [0.2, 0.25) is 0 Å². The summed E-state index contributed by atoms with van der Waals surface area (Å²) in [6.45, 7) is 2.08. The molecule has 1 N–H and O–H groups in total. The maximum atomic E-state index is 10.8. The Bertz CT molecular complexity index is 315. The Morgan fingerprint density at radius 2 is 2.50 bits per heavy atom. The van der Waals surface area contributed by atoms with Crippen molar-refractivity contribution in [2.75, 3.05) is 13.7 Å². The van der Waals surface area contributed by atoms with E-state index in [1.165, 1.54) is 6.20 Å². The Hall–Kier alpha value is -1.65. The molecular formula is C9H12N3O2. The van der Waals surface area contributed by atoms with Crippen molar-refractivity contribution in [2.24, 2.45) is 0 Å². The first-order valence-corrected chi connectivity index (χ1v) is 4.27. The minimum atomic E-state index is -0.0655. The third-order valence-corrected chi connectivity index (χ3v) is 1.55. The summed E-state index contributed by atoms with van der Waals surface area (Å²) in [5, 5.41) is 2.50. The molecule has 0 aliphatic rings. The van der Waals surface area contributed by atoms with E-state index < -0.39 is 0 Å². The fourth-order valence-corrected chi connectivity index (χ4v) is 0.815. The molecule has 0 saturated heterocycles. The Morgan fingerprint density at radius 3 is 3.14 bits per heavy atom. The van der Waals surface area contributed by atoms with Crippen LogP contribution in [0.3, 0.4) is 0 Å². The molecular weight excluding hydrogens is 182 g/mol. The second-order valence-corrected chi connectivity index (χ2v) is 2.65. The van der Waals surface area contributed by atoms with Gasteiger partial charge in [0, 0.05) is 19.3 Å². The van der Waals surface area contributed by atoms with E-state index in [4.69, 9.17) is 4.74 Å². The first-order chi connectivity index (χ1) is 6.72. The highest BCUT2D eigenvalue weighted by Crippen LogP contribution is 2.01. The van der Waals surface area contributed by atoms with Gasteiger partial charge in [0.2, 0.25) is 5.91 Å². The number of amides is 1. The molecule has 14 heavy (non-hydrogen) atoms. The van der Waals surface area contributed by atoms with Gasteiger partial charge in [0.1, 0.15) is 6.61 Å². The molecule has 0 aliphatic carbocycles. The Morgan fingerprint density at radius 1 is 1.71 bits per heavy atom. The van der Waals surface area contributed by atoms with Crippen molar-refractivity contribution < 1.29 is 9.53 Å². The van der Waals surface area contributed by atoms with Gasteiger partial charge in [0.15, 0.2) is 0 Å². The van der Waals surface area contributed by atoms with E-state index in [1.54, 1.807) is 14.0 Å². The molecule has 0 atom stereocenters. The minimum Gasteiger partial charge on any atom is -0.463 e. The van der Waals surface area contributed by atoms with Crippen LogP contribution in [-0.4, -0.2) is 29.5 Å². The molecule has 1 rings (SSSR count). The van der Waals surface area contributed by atoms with Gasteiger partial charge < -0.3 is 10.1 Å². The van der Waals surface area contributed by atoms with E-state index in [-0.39, 0.29) is 18.5 Å². The molecule has 0 saturated carbocycles. The lowest BCUT2D eigenvalue weighted by molar-refractivity contribution is -0.121. The molecule has 0 aliphatic heterocycles. The molecule has 0 fully saturated rings. The van der Waals surface area contributed by atoms with Gasteiger partial charge in [-0.25, -0.2) is 4.98 Å². The summed E-state index contributed by atoms with van der Waals surface area (Å²) >= 11 is 0. The molecule has 5 nitrogen and oxygen atoms in total. The highest BCUT2D eigenvalue weighted by molar-refractivity contribution is 5.75. The Balaban J connectivity index is 2.35. The summed E-state index contributed by atoms with van der Waals surface area (Å²) in [5.74, 6) is -0.0655. The van der Waals surface area contributed by atoms with Crippen molar-refractivity contribution in [3.05, 3.63) is 18.0 Å². The standard InChI is InChI=1S/C9H12N3O2/c1-7-3-5-11-9(12-7)14-6-4-8(13)10-2/h5H,4,6H2,1-2H3,(H,10,13). The summed E-state index contributed by atoms with van der Waals surface area (Å²) in [6.07, 6.45) is 1.80. The molecule has 1 radical (unpaired) electrons. The van der Waals surface area contributed by atoms with Crippen molar-refractivity contribution in [1.29, 1.82) is 0 Å². The lowest BCUT2D eigenvalue weighted by atomic mass is 10.4. The summed E-state index contributed by atoms with van der Waals surface area (Å²) in [4.78, 5) is 18.6. The first-order valence-electron chi connectivity index (χ1n) is 4.27. The summed E-state index contributed by atoms with van der Waals surface area (Å²) in [7, 11) is 1.58. The molecule has 1 amide bonds. The van der Waals surface area contributed by atoms with Crippen LogP contribution in [0.5, 0.6) is 6.01 Å². The number of rotatable bonds is 4. The number of aromatic nitrogens is 2. The summed E-state index contributed by atoms with van der Waals surface area (Å²) < 4.78 is 5.16. The lowest BCUT2D eigenvalue weighted by Crippen LogP contribution is -2.20. The van der Waals surface area contributed by atoms with Gasteiger partial charge in [-0.3, -0.25) is 4.79 Å². The smallest absolute Gasteiger partial charge is 0.316 e. The number of nitrogens with zero attached hydrogens (tertiary/aromatic N) is 2. The average molecular weight is 194 g/mol. The van der Waals surface area contributed by atoms with E-state index in [0.29, 0.717) is 6.42 Å². The lowest BCUT2D eigenvalue weighted by Gasteiger charge is -2.03. The van der Waals surface area contributed by atoms with E-state index >= 15 is 0 Å². The third-order valence-electron chi connectivity index (χ3n) is 1.55. The number of hydrogen-bond donors (Lipinski definition) is 1. The predicted molar refractivity (Wildman–Crippen MR) is 49.8 cm³/mol. The molecule has 0 bridgehead atoms. The van der Waals surface area contributed by atoms with Crippen molar-refractivity contribution in [3.63, 3.8) is 0 Å². The number of aryl methyl sites for hydroxylation is 1. The van der Waals surface area contributed by atoms with Crippen LogP contribution in [0.1, 0.15) is 12.1 Å². The van der Waals surface area contributed by atoms with Gasteiger partial charge in [-0.1, -0.05) is 0 Å². The van der Waals surface area contributed by atoms with Crippen LogP contribution in [-0.2, 0) is 4.79 Å². The maximum Gasteiger partial charge on any atom is 0.316 e. The van der Waals surface area contributed by atoms with Crippen molar-refractivity contribution in [3.8, 4) is 6.01 Å². The number of carbonyl (C=O) groups is 1. The average Bonchev–Trinajstić information content (AvgIpc) is 2.17. The summed E-state index contributed by atoms with van der Waals surface area (Å²) in [6, 6.07) is 3.08. The molecule has 5 heteroatoms. The van der Waals surface area contributed by atoms with Gasteiger partial charge in [0.05, 0.1) is 12.1 Å². The van der Waals surface area contributed by atoms with Crippen molar-refractivity contribution in [2.45, 2.75) is 13.3 Å². The second-order valence-electron chi connectivity index (χ2n) is 2.65. The number of nitrogens with one attached hydrogen (secondary N) is 1. The fourth-order valence-electron chi connectivity index (χ4n) is 0.815. The molecule has 75 valence electrons. The van der Waals surface area contributed by atoms with E-state index in [0.717, 1.165) is 5.69 Å². The van der Waals surface area contributed by atoms with Crippen molar-refractivity contribution in [1.82, 2.24) is 15.3 Å². The van der Waals surface area contributed by atoms with Gasteiger partial charge in [-0.2, -0.15) is 4.98 Å². The summed E-state index contributed by atoms with van der Waals surface area (Å²) in [5.41, 5.74) is 0.718. The van der Waals surface area contributed by atoms with Crippen molar-refractivity contribution >= 4 is 5.91 Å². The fraction of sp³-hybridized carbons (Fsp3) is 0.444. The second kappa shape index (κ2) is 5.16. The molecule has 0 aromatic carbocycles. The first kappa shape index (κ1) is 10.4. The zero-order valence-corrected chi connectivity index (χ0v) is 8.20. The van der Waals surface area contributed by atoms with Gasteiger partial charge >= 0.3 is 6.01 Å². The number of hydrogen-bond acceptors (Lipinski definition) is 4. The van der Waals surface area contributed by atoms with Crippen LogP contribution in [0, 0.1) is 13.0 Å². The van der Waals surface area contributed by atoms with Crippen LogP contribution in [0.25, 0.3) is 0 Å². The monoisotopic (exact) mass is 194 g/mol. The molecule has 0 spiro atoms. The number of ether oxygens (including phenoxy) is 1. The predicted octanol–water partition coefficient (Wildman–Crippen LogP) is 0.100. The van der Waals surface area contributed by atoms with Crippen LogP contribution in [0.4, 0.5) is 0 Å². The van der Waals surface area contributed by atoms with Gasteiger partial charge in [-0.05, 0) is 6.92 Å². The SMILES string of the molecule is CNC(=O)CCOc1nc[c]c(C)n1. The van der Waals surface area contributed by atoms with E-state index in [9.17, 15) is 4.79 Å². The molecule has 1 heterocycles. The zero-order chi connectivity index (χ0) is 10.4. The topological polar surface area (TPSA) is 64.1 Å². The molecule has 1 aromatic heterocycles. The Labute approximate surface area is 82.5 Å². The zero-order valence-electron chi connectivity index (χ0n) is 8.20. The van der Waals surface area contributed by atoms with E-state index in [2.05, 4.69) is 21.4 Å². The maximum absolute atomic E-state index is 10.8. The highest BCUT2D eigenvalue weighted by atomic mass is 16.5. The van der Waals surface area contributed by atoms with Crippen LogP contribution < -0.4 is 10.1 Å². The van der Waals surface area contributed by atoms with Crippen LogP contribution >= 0.6 is 0 Å². The van der Waals surface area contributed by atoms with Crippen LogP contribution in [0.15, 0.2) is 6.20 Å². The Kier molecular flexibility index (Phi) is 3.84. The quantitative estimate of drug-likeness (QED) is 0.738. The molecule has 1 aromatic rings. The highest BCUT2D eigenvalue weighted by Gasteiger charge is 2.00. The third kappa shape index (κ3) is 3.38. The molecule has 0 unspecified atom stereocenters. The van der Waals surface area contributed by atoms with Gasteiger partial charge in [0.25, 0.3) is 0 Å². The minimum absolute atomic E-state index is 0.0655. The van der Waals surface area contributed by atoms with Gasteiger partial charge in [-0.15, -0.1) is 0 Å². The number of carbonyl (C=O) groups excluding carboxylic acids is 1.